The first-order valence-electron chi connectivity index (χ1n) is 7.15. The average molecular weight is 386 g/mol. The van der Waals surface area contributed by atoms with Gasteiger partial charge in [-0.2, -0.15) is 0 Å². The van der Waals surface area contributed by atoms with Crippen LogP contribution in [-0.2, 0) is 15.8 Å². The summed E-state index contributed by atoms with van der Waals surface area (Å²) in [4.78, 5) is 12.5. The highest BCUT2D eigenvalue weighted by Gasteiger charge is 2.33. The van der Waals surface area contributed by atoms with Crippen molar-refractivity contribution in [2.75, 3.05) is 0 Å². The quantitative estimate of drug-likeness (QED) is 0.762. The van der Waals surface area contributed by atoms with Crippen molar-refractivity contribution in [2.24, 2.45) is 0 Å². The van der Waals surface area contributed by atoms with Crippen molar-refractivity contribution in [3.8, 4) is 0 Å². The normalized spacial score (nSPS) is 12.2. The van der Waals surface area contributed by atoms with Gasteiger partial charge in [0.05, 0.1) is 11.3 Å². The summed E-state index contributed by atoms with van der Waals surface area (Å²) in [5.41, 5.74) is -0.387. The lowest BCUT2D eigenvalue weighted by molar-refractivity contribution is 0.0901. The third-order valence-electron chi connectivity index (χ3n) is 3.29. The minimum Gasteiger partial charge on any atom is -0.292 e. The van der Waals surface area contributed by atoms with E-state index in [2.05, 4.69) is 4.72 Å². The summed E-state index contributed by atoms with van der Waals surface area (Å²) in [6, 6.07) is 13.1. The van der Waals surface area contributed by atoms with Gasteiger partial charge in [-0.3, -0.25) is 4.79 Å². The van der Waals surface area contributed by atoms with Gasteiger partial charge in [0.2, 0.25) is 10.0 Å². The van der Waals surface area contributed by atoms with Crippen LogP contribution in [0.4, 0.5) is 0 Å². The molecule has 2 aromatic carbocycles. The fraction of sp³-hybridized carbons (Fsp3) is 0.235. The number of sulfonamides is 1. The molecule has 0 aromatic heterocycles. The maximum atomic E-state index is 12.5. The molecule has 24 heavy (non-hydrogen) atoms. The van der Waals surface area contributed by atoms with Gasteiger partial charge in [-0.25, -0.2) is 13.1 Å². The highest BCUT2D eigenvalue weighted by molar-refractivity contribution is 7.88. The molecule has 0 aliphatic rings. The van der Waals surface area contributed by atoms with Gasteiger partial charge >= 0.3 is 0 Å². The van der Waals surface area contributed by atoms with Crippen LogP contribution in [0.25, 0.3) is 0 Å². The molecule has 0 aliphatic heterocycles. The van der Waals surface area contributed by atoms with Crippen molar-refractivity contribution in [1.29, 1.82) is 0 Å². The topological polar surface area (TPSA) is 63.2 Å². The summed E-state index contributed by atoms with van der Waals surface area (Å²) in [7, 11) is -3.77. The Morgan fingerprint density at radius 3 is 2.12 bits per heavy atom. The van der Waals surface area contributed by atoms with E-state index < -0.39 is 15.6 Å². The molecule has 0 saturated carbocycles. The Balaban J connectivity index is 2.19. The molecule has 0 fully saturated rings. The van der Waals surface area contributed by atoms with Gasteiger partial charge in [-0.05, 0) is 37.6 Å². The van der Waals surface area contributed by atoms with E-state index in [4.69, 9.17) is 23.2 Å². The van der Waals surface area contributed by atoms with Crippen molar-refractivity contribution in [2.45, 2.75) is 25.1 Å². The van der Waals surface area contributed by atoms with Crippen LogP contribution in [0.3, 0.4) is 0 Å². The molecule has 2 rings (SSSR count). The molecule has 0 heterocycles. The number of carbonyl (C=O) groups excluding carboxylic acids is 1. The Hall–Kier alpha value is -1.40. The predicted octanol–water partition coefficient (Wildman–Crippen LogP) is 4.07. The highest BCUT2D eigenvalue weighted by atomic mass is 35.5. The Kier molecular flexibility index (Phi) is 5.71. The minimum atomic E-state index is -3.77. The molecule has 0 atom stereocenters. The van der Waals surface area contributed by atoms with Crippen LogP contribution in [0.1, 0.15) is 29.8 Å². The Labute approximate surface area is 151 Å². The summed E-state index contributed by atoms with van der Waals surface area (Å²) in [6.45, 7) is 3.07. The summed E-state index contributed by atoms with van der Waals surface area (Å²) >= 11 is 11.8. The molecule has 128 valence electrons. The number of benzene rings is 2. The van der Waals surface area contributed by atoms with Crippen molar-refractivity contribution in [3.63, 3.8) is 0 Å². The Morgan fingerprint density at radius 1 is 1.04 bits per heavy atom. The van der Waals surface area contributed by atoms with Gasteiger partial charge in [0.1, 0.15) is 0 Å². The second-order valence-corrected chi connectivity index (χ2v) is 8.55. The molecule has 1 N–H and O–H groups in total. The van der Waals surface area contributed by atoms with Crippen LogP contribution >= 0.6 is 23.2 Å². The molecule has 0 saturated heterocycles. The van der Waals surface area contributed by atoms with E-state index in [1.165, 1.54) is 32.0 Å². The number of halogens is 2. The SMILES string of the molecule is CC(C)(NS(=O)(=O)Cc1cc(Cl)cc(Cl)c1)C(=O)c1ccccc1. The van der Waals surface area contributed by atoms with Crippen LogP contribution in [0, 0.1) is 0 Å². The smallest absolute Gasteiger partial charge is 0.216 e. The zero-order chi connectivity index (χ0) is 18.0. The van der Waals surface area contributed by atoms with Crippen LogP contribution in [0.15, 0.2) is 48.5 Å². The average Bonchev–Trinajstić information content (AvgIpc) is 2.44. The van der Waals surface area contributed by atoms with E-state index in [0.717, 1.165) is 0 Å². The number of hydrogen-bond donors (Lipinski definition) is 1. The van der Waals surface area contributed by atoms with Crippen molar-refractivity contribution in [3.05, 3.63) is 69.7 Å². The highest BCUT2D eigenvalue weighted by Crippen LogP contribution is 2.21. The predicted molar refractivity (Wildman–Crippen MR) is 97.1 cm³/mol. The van der Waals surface area contributed by atoms with E-state index in [9.17, 15) is 13.2 Å². The third-order valence-corrected chi connectivity index (χ3v) is 5.26. The summed E-state index contributed by atoms with van der Waals surface area (Å²) in [5.74, 6) is -0.630. The minimum absolute atomic E-state index is 0.309. The van der Waals surface area contributed by atoms with Gasteiger partial charge in [0.15, 0.2) is 5.78 Å². The largest absolute Gasteiger partial charge is 0.292 e. The lowest BCUT2D eigenvalue weighted by Gasteiger charge is -2.24. The van der Waals surface area contributed by atoms with E-state index >= 15 is 0 Å². The molecule has 0 radical (unpaired) electrons. The number of ketones is 1. The Bertz CT molecular complexity index is 829. The molecule has 0 amide bonds. The second-order valence-electron chi connectivity index (χ2n) is 5.96. The fourth-order valence-electron chi connectivity index (χ4n) is 2.34. The summed E-state index contributed by atoms with van der Waals surface area (Å²) in [5, 5.41) is 0.708. The molecule has 0 aliphatic carbocycles. The summed E-state index contributed by atoms with van der Waals surface area (Å²) in [6.07, 6.45) is 0. The molecule has 0 spiro atoms. The lowest BCUT2D eigenvalue weighted by atomic mass is 9.94. The second kappa shape index (κ2) is 7.23. The van der Waals surface area contributed by atoms with Crippen molar-refractivity contribution < 1.29 is 13.2 Å². The van der Waals surface area contributed by atoms with Gasteiger partial charge in [0, 0.05) is 15.6 Å². The maximum absolute atomic E-state index is 12.5. The molecular weight excluding hydrogens is 369 g/mol. The van der Waals surface area contributed by atoms with Crippen LogP contribution in [0.5, 0.6) is 0 Å². The molecule has 0 unspecified atom stereocenters. The van der Waals surface area contributed by atoms with Gasteiger partial charge in [-0.1, -0.05) is 53.5 Å². The van der Waals surface area contributed by atoms with Crippen molar-refractivity contribution >= 4 is 39.0 Å². The summed E-state index contributed by atoms with van der Waals surface area (Å²) < 4.78 is 27.3. The van der Waals surface area contributed by atoms with Gasteiger partial charge < -0.3 is 0 Å². The zero-order valence-electron chi connectivity index (χ0n) is 13.2. The number of rotatable bonds is 6. The number of Topliss-reactive ketones (excluding diaryl/α,β-unsaturated/α-hetero) is 1. The van der Waals surface area contributed by atoms with E-state index in [1.807, 2.05) is 0 Å². The van der Waals surface area contributed by atoms with E-state index in [-0.39, 0.29) is 11.5 Å². The molecule has 0 bridgehead atoms. The zero-order valence-corrected chi connectivity index (χ0v) is 15.5. The van der Waals surface area contributed by atoms with E-state index in [1.54, 1.807) is 30.3 Å². The number of nitrogens with one attached hydrogen (secondary N) is 1. The molecule has 7 heteroatoms. The molecule has 4 nitrogen and oxygen atoms in total. The monoisotopic (exact) mass is 385 g/mol. The van der Waals surface area contributed by atoms with Crippen LogP contribution in [0.2, 0.25) is 10.0 Å². The lowest BCUT2D eigenvalue weighted by Crippen LogP contribution is -2.49. The fourth-order valence-corrected chi connectivity index (χ4v) is 4.45. The molecule has 2 aromatic rings. The Morgan fingerprint density at radius 2 is 1.58 bits per heavy atom. The molecular formula is C17H17Cl2NO3S. The van der Waals surface area contributed by atoms with Crippen molar-refractivity contribution in [1.82, 2.24) is 4.72 Å². The first kappa shape index (κ1) is 18.9. The standard InChI is InChI=1S/C17H17Cl2NO3S/c1-17(2,16(21)13-6-4-3-5-7-13)20-24(22,23)11-12-8-14(18)10-15(19)9-12/h3-10,20H,11H2,1-2H3. The van der Waals surface area contributed by atoms with Crippen LogP contribution < -0.4 is 4.72 Å². The van der Waals surface area contributed by atoms with Crippen LogP contribution in [-0.4, -0.2) is 19.7 Å². The number of carbonyl (C=O) groups is 1. The maximum Gasteiger partial charge on any atom is 0.216 e. The first-order chi connectivity index (χ1) is 11.1. The first-order valence-corrected chi connectivity index (χ1v) is 9.56. The van der Waals surface area contributed by atoms with Gasteiger partial charge in [0.25, 0.3) is 0 Å². The number of hydrogen-bond acceptors (Lipinski definition) is 3. The van der Waals surface area contributed by atoms with Gasteiger partial charge in [-0.15, -0.1) is 0 Å². The van der Waals surface area contributed by atoms with E-state index in [0.29, 0.717) is 21.2 Å². The third kappa shape index (κ3) is 5.05.